The van der Waals surface area contributed by atoms with E-state index in [9.17, 15) is 9.59 Å². The first-order valence-electron chi connectivity index (χ1n) is 8.62. The largest absolute Gasteiger partial charge is 0.355 e. The minimum atomic E-state index is -0.190. The third kappa shape index (κ3) is 4.05. The van der Waals surface area contributed by atoms with Gasteiger partial charge in [0.2, 0.25) is 5.91 Å². The van der Waals surface area contributed by atoms with Gasteiger partial charge in [-0.3, -0.25) is 9.59 Å². The molecule has 0 spiro atoms. The Morgan fingerprint density at radius 2 is 2.15 bits per heavy atom. The maximum absolute atomic E-state index is 13.0. The quantitative estimate of drug-likeness (QED) is 0.801. The summed E-state index contributed by atoms with van der Waals surface area (Å²) in [4.78, 5) is 40.3. The van der Waals surface area contributed by atoms with Crippen molar-refractivity contribution in [2.24, 2.45) is 11.7 Å². The molecule has 8 nitrogen and oxygen atoms in total. The minimum absolute atomic E-state index is 0.0349. The smallest absolute Gasteiger partial charge is 0.265 e. The second-order valence-corrected chi connectivity index (χ2v) is 7.18. The summed E-state index contributed by atoms with van der Waals surface area (Å²) in [6.07, 6.45) is 4.88. The molecule has 0 radical (unpaired) electrons. The molecule has 1 aliphatic rings. The zero-order chi connectivity index (χ0) is 18.5. The van der Waals surface area contributed by atoms with Crippen molar-refractivity contribution < 1.29 is 9.59 Å². The van der Waals surface area contributed by atoms with Crippen LogP contribution < -0.4 is 11.1 Å². The van der Waals surface area contributed by atoms with Crippen molar-refractivity contribution >= 4 is 23.2 Å². The number of nitrogens with one attached hydrogen (secondary N) is 1. The van der Waals surface area contributed by atoms with Crippen LogP contribution in [0.5, 0.6) is 0 Å². The highest BCUT2D eigenvalue weighted by molar-refractivity contribution is 7.17. The van der Waals surface area contributed by atoms with Crippen LogP contribution in [0, 0.1) is 12.8 Å². The summed E-state index contributed by atoms with van der Waals surface area (Å²) < 4.78 is 0. The Hall–Kier alpha value is -2.39. The number of aryl methyl sites for hydroxylation is 1. The molecule has 0 aromatic carbocycles. The lowest BCUT2D eigenvalue weighted by molar-refractivity contribution is -0.126. The van der Waals surface area contributed by atoms with Crippen LogP contribution in [0.15, 0.2) is 18.5 Å². The number of carbonyl (C=O) groups excluding carboxylic acids is 2. The lowest BCUT2D eigenvalue weighted by Gasteiger charge is -2.31. The first-order chi connectivity index (χ1) is 12.6. The fourth-order valence-corrected chi connectivity index (χ4v) is 3.94. The maximum Gasteiger partial charge on any atom is 0.265 e. The Morgan fingerprint density at radius 1 is 1.38 bits per heavy atom. The number of piperidine rings is 1. The Balaban J connectivity index is 1.73. The molecule has 1 unspecified atom stereocenters. The fourth-order valence-electron chi connectivity index (χ4n) is 2.96. The monoisotopic (exact) mass is 374 g/mol. The zero-order valence-corrected chi connectivity index (χ0v) is 15.5. The summed E-state index contributed by atoms with van der Waals surface area (Å²) in [7, 11) is 0. The highest BCUT2D eigenvalue weighted by atomic mass is 32.1. The number of thiazole rings is 1. The molecule has 3 N–H and O–H groups in total. The second-order valence-electron chi connectivity index (χ2n) is 6.18. The molecule has 2 aromatic rings. The van der Waals surface area contributed by atoms with Gasteiger partial charge in [-0.15, -0.1) is 11.3 Å². The first-order valence-corrected chi connectivity index (χ1v) is 9.43. The van der Waals surface area contributed by atoms with Crippen molar-refractivity contribution in [2.45, 2.75) is 19.8 Å². The molecule has 0 bridgehead atoms. The summed E-state index contributed by atoms with van der Waals surface area (Å²) in [6.45, 7) is 3.74. The van der Waals surface area contributed by atoms with Gasteiger partial charge in [0.25, 0.3) is 5.91 Å². The van der Waals surface area contributed by atoms with E-state index in [0.717, 1.165) is 12.8 Å². The second kappa shape index (κ2) is 8.33. The molecular weight excluding hydrogens is 352 g/mol. The van der Waals surface area contributed by atoms with E-state index >= 15 is 0 Å². The number of amides is 2. The SMILES string of the molecule is Cc1nc(-c2ncccn2)sc1C(=O)N1CCCC(C(=O)NCCN)C1. The number of nitrogens with two attached hydrogens (primary N) is 1. The molecular formula is C17H22N6O2S. The molecule has 9 heteroatoms. The first kappa shape index (κ1) is 18.4. The van der Waals surface area contributed by atoms with Crippen LogP contribution in [0.25, 0.3) is 10.8 Å². The van der Waals surface area contributed by atoms with Crippen LogP contribution in [-0.2, 0) is 4.79 Å². The van der Waals surface area contributed by atoms with Gasteiger partial charge in [0.1, 0.15) is 4.88 Å². The third-order valence-electron chi connectivity index (χ3n) is 4.27. The predicted molar refractivity (Wildman–Crippen MR) is 98.6 cm³/mol. The lowest BCUT2D eigenvalue weighted by Crippen LogP contribution is -2.46. The molecule has 3 rings (SSSR count). The summed E-state index contributed by atoms with van der Waals surface area (Å²) in [5.74, 6) is 0.201. The number of carbonyl (C=O) groups is 2. The molecule has 1 saturated heterocycles. The summed E-state index contributed by atoms with van der Waals surface area (Å²) >= 11 is 1.29. The molecule has 1 aliphatic heterocycles. The van der Waals surface area contributed by atoms with Gasteiger partial charge in [0.15, 0.2) is 10.8 Å². The van der Waals surface area contributed by atoms with Crippen molar-refractivity contribution in [1.82, 2.24) is 25.2 Å². The molecule has 2 aromatic heterocycles. The Bertz CT molecular complexity index is 779. The van der Waals surface area contributed by atoms with Crippen LogP contribution in [0.3, 0.4) is 0 Å². The van der Waals surface area contributed by atoms with Crippen molar-refractivity contribution in [3.8, 4) is 10.8 Å². The van der Waals surface area contributed by atoms with Crippen LogP contribution >= 0.6 is 11.3 Å². The molecule has 3 heterocycles. The van der Waals surface area contributed by atoms with E-state index in [-0.39, 0.29) is 17.7 Å². The zero-order valence-electron chi connectivity index (χ0n) is 14.6. The molecule has 1 atom stereocenters. The fraction of sp³-hybridized carbons (Fsp3) is 0.471. The predicted octanol–water partition coefficient (Wildman–Crippen LogP) is 0.836. The van der Waals surface area contributed by atoms with Gasteiger partial charge in [0.05, 0.1) is 11.6 Å². The van der Waals surface area contributed by atoms with E-state index in [1.54, 1.807) is 23.4 Å². The van der Waals surface area contributed by atoms with Gasteiger partial charge in [0, 0.05) is 38.6 Å². The van der Waals surface area contributed by atoms with E-state index in [2.05, 4.69) is 20.3 Å². The average Bonchev–Trinajstić information content (AvgIpc) is 3.08. The van der Waals surface area contributed by atoms with E-state index in [1.807, 2.05) is 6.92 Å². The van der Waals surface area contributed by atoms with Crippen LogP contribution in [0.2, 0.25) is 0 Å². The van der Waals surface area contributed by atoms with E-state index < -0.39 is 0 Å². The van der Waals surface area contributed by atoms with Gasteiger partial charge in [-0.25, -0.2) is 15.0 Å². The van der Waals surface area contributed by atoms with E-state index in [4.69, 9.17) is 5.73 Å². The Morgan fingerprint density at radius 3 is 2.88 bits per heavy atom. The Kier molecular flexibility index (Phi) is 5.89. The number of aromatic nitrogens is 3. The van der Waals surface area contributed by atoms with Crippen LogP contribution in [-0.4, -0.2) is 57.8 Å². The maximum atomic E-state index is 13.0. The third-order valence-corrected chi connectivity index (χ3v) is 5.41. The standard InChI is InChI=1S/C17H22N6O2S/c1-11-13(26-16(22-11)14-19-6-3-7-20-14)17(25)23-9-2-4-12(10-23)15(24)21-8-5-18/h3,6-7,12H,2,4-5,8-10,18H2,1H3,(H,21,24). The van der Waals surface area contributed by atoms with E-state index in [1.165, 1.54) is 11.3 Å². The molecule has 138 valence electrons. The summed E-state index contributed by atoms with van der Waals surface area (Å²) in [5, 5.41) is 3.44. The van der Waals surface area contributed by atoms with Crippen molar-refractivity contribution in [2.75, 3.05) is 26.2 Å². The molecule has 2 amide bonds. The molecule has 0 aliphatic carbocycles. The van der Waals surface area contributed by atoms with E-state index in [0.29, 0.717) is 47.6 Å². The topological polar surface area (TPSA) is 114 Å². The van der Waals surface area contributed by atoms with Crippen molar-refractivity contribution in [1.29, 1.82) is 0 Å². The lowest BCUT2D eigenvalue weighted by atomic mass is 9.97. The number of rotatable bonds is 5. The van der Waals surface area contributed by atoms with Crippen molar-refractivity contribution in [3.63, 3.8) is 0 Å². The highest BCUT2D eigenvalue weighted by Gasteiger charge is 2.30. The van der Waals surface area contributed by atoms with Gasteiger partial charge >= 0.3 is 0 Å². The van der Waals surface area contributed by atoms with Crippen LogP contribution in [0.1, 0.15) is 28.2 Å². The number of hydrogen-bond acceptors (Lipinski definition) is 7. The van der Waals surface area contributed by atoms with Gasteiger partial charge in [-0.1, -0.05) is 0 Å². The Labute approximate surface area is 155 Å². The van der Waals surface area contributed by atoms with Crippen LogP contribution in [0.4, 0.5) is 0 Å². The normalized spacial score (nSPS) is 17.2. The average molecular weight is 374 g/mol. The van der Waals surface area contributed by atoms with Crippen molar-refractivity contribution in [3.05, 3.63) is 29.0 Å². The van der Waals surface area contributed by atoms with Gasteiger partial charge < -0.3 is 16.0 Å². The number of nitrogens with zero attached hydrogens (tertiary/aromatic N) is 4. The van der Waals surface area contributed by atoms with Gasteiger partial charge in [-0.05, 0) is 25.8 Å². The number of likely N-dealkylation sites (tertiary alicyclic amines) is 1. The molecule has 26 heavy (non-hydrogen) atoms. The summed E-state index contributed by atoms with van der Waals surface area (Å²) in [6, 6.07) is 1.74. The van der Waals surface area contributed by atoms with Gasteiger partial charge in [-0.2, -0.15) is 0 Å². The number of hydrogen-bond donors (Lipinski definition) is 2. The molecule has 0 saturated carbocycles. The minimum Gasteiger partial charge on any atom is -0.355 e. The highest BCUT2D eigenvalue weighted by Crippen LogP contribution is 2.28. The summed E-state index contributed by atoms with van der Waals surface area (Å²) in [5.41, 5.74) is 6.09. The molecule has 1 fully saturated rings.